The van der Waals surface area contributed by atoms with Gasteiger partial charge in [-0.05, 0) is 26.3 Å². The van der Waals surface area contributed by atoms with E-state index in [4.69, 9.17) is 18.0 Å². The van der Waals surface area contributed by atoms with Crippen molar-refractivity contribution in [1.82, 2.24) is 9.97 Å². The van der Waals surface area contributed by atoms with E-state index in [1.54, 1.807) is 0 Å². The molecule has 0 spiro atoms. The number of nitrogens with two attached hydrogens (primary N) is 1. The van der Waals surface area contributed by atoms with E-state index in [1.165, 1.54) is 0 Å². The third-order valence-corrected chi connectivity index (χ3v) is 2.45. The number of hydrogen-bond donors (Lipinski definition) is 1. The van der Waals surface area contributed by atoms with Gasteiger partial charge >= 0.3 is 0 Å². The average molecular weight is 238 g/mol. The van der Waals surface area contributed by atoms with Gasteiger partial charge in [-0.15, -0.1) is 0 Å². The first-order valence-corrected chi connectivity index (χ1v) is 5.75. The number of aromatic nitrogens is 2. The SMILES string of the molecule is Cc1cnc(N(CCC(N)=S)C(C)C)nc1. The maximum absolute atomic E-state index is 5.51. The molecule has 0 unspecified atom stereocenters. The number of thiocarbonyl (C=S) groups is 1. The predicted octanol–water partition coefficient (Wildman–Crippen LogP) is 1.68. The van der Waals surface area contributed by atoms with Crippen molar-refractivity contribution in [3.05, 3.63) is 18.0 Å². The highest BCUT2D eigenvalue weighted by Crippen LogP contribution is 2.11. The summed E-state index contributed by atoms with van der Waals surface area (Å²) in [6.45, 7) is 6.93. The minimum absolute atomic E-state index is 0.331. The second-order valence-electron chi connectivity index (χ2n) is 4.06. The van der Waals surface area contributed by atoms with Gasteiger partial charge in [0.25, 0.3) is 0 Å². The van der Waals surface area contributed by atoms with Crippen molar-refractivity contribution in [2.45, 2.75) is 33.2 Å². The Hall–Kier alpha value is -1.23. The van der Waals surface area contributed by atoms with E-state index in [0.717, 1.165) is 18.1 Å². The lowest BCUT2D eigenvalue weighted by Gasteiger charge is -2.26. The van der Waals surface area contributed by atoms with Crippen LogP contribution in [-0.4, -0.2) is 27.5 Å². The van der Waals surface area contributed by atoms with E-state index in [-0.39, 0.29) is 0 Å². The van der Waals surface area contributed by atoms with Gasteiger partial charge in [-0.3, -0.25) is 0 Å². The highest BCUT2D eigenvalue weighted by atomic mass is 32.1. The summed E-state index contributed by atoms with van der Waals surface area (Å²) in [5.41, 5.74) is 6.56. The van der Waals surface area contributed by atoms with Crippen LogP contribution in [0.15, 0.2) is 12.4 Å². The molecule has 1 aromatic heterocycles. The van der Waals surface area contributed by atoms with Gasteiger partial charge < -0.3 is 10.6 Å². The molecular formula is C11H18N4S. The molecule has 5 heteroatoms. The molecule has 2 N–H and O–H groups in total. The molecular weight excluding hydrogens is 220 g/mol. The summed E-state index contributed by atoms with van der Waals surface area (Å²) in [4.78, 5) is 11.2. The van der Waals surface area contributed by atoms with Crippen LogP contribution in [0.3, 0.4) is 0 Å². The topological polar surface area (TPSA) is 55.0 Å². The van der Waals surface area contributed by atoms with Crippen molar-refractivity contribution in [1.29, 1.82) is 0 Å². The van der Waals surface area contributed by atoms with Gasteiger partial charge in [-0.2, -0.15) is 0 Å². The second-order valence-corrected chi connectivity index (χ2v) is 4.59. The third-order valence-electron chi connectivity index (χ3n) is 2.25. The molecule has 0 aliphatic heterocycles. The van der Waals surface area contributed by atoms with Crippen LogP contribution in [0.4, 0.5) is 5.95 Å². The highest BCUT2D eigenvalue weighted by molar-refractivity contribution is 7.80. The lowest BCUT2D eigenvalue weighted by atomic mass is 10.3. The molecule has 4 nitrogen and oxygen atoms in total. The van der Waals surface area contributed by atoms with Gasteiger partial charge in [-0.1, -0.05) is 12.2 Å². The van der Waals surface area contributed by atoms with E-state index in [1.807, 2.05) is 19.3 Å². The normalized spacial score (nSPS) is 10.5. The first-order chi connectivity index (χ1) is 7.50. The summed E-state index contributed by atoms with van der Waals surface area (Å²) in [5, 5.41) is 0. The number of hydrogen-bond acceptors (Lipinski definition) is 4. The molecule has 0 saturated carbocycles. The maximum Gasteiger partial charge on any atom is 0.225 e. The van der Waals surface area contributed by atoms with Gasteiger partial charge in [0.2, 0.25) is 5.95 Å². The standard InChI is InChI=1S/C11H18N4S/c1-8(2)15(5-4-10(12)16)11-13-6-9(3)7-14-11/h6-8H,4-5H2,1-3H3,(H2,12,16). The zero-order valence-electron chi connectivity index (χ0n) is 9.97. The van der Waals surface area contributed by atoms with Crippen LogP contribution in [0.2, 0.25) is 0 Å². The van der Waals surface area contributed by atoms with Crippen molar-refractivity contribution in [2.75, 3.05) is 11.4 Å². The van der Waals surface area contributed by atoms with E-state index >= 15 is 0 Å². The van der Waals surface area contributed by atoms with Crippen molar-refractivity contribution >= 4 is 23.2 Å². The third kappa shape index (κ3) is 3.73. The molecule has 0 aliphatic carbocycles. The number of anilines is 1. The molecule has 88 valence electrons. The van der Waals surface area contributed by atoms with Crippen molar-refractivity contribution in [3.63, 3.8) is 0 Å². The van der Waals surface area contributed by atoms with E-state index in [9.17, 15) is 0 Å². The maximum atomic E-state index is 5.51. The molecule has 1 heterocycles. The summed E-state index contributed by atoms with van der Waals surface area (Å²) in [7, 11) is 0. The number of rotatable bonds is 5. The second kappa shape index (κ2) is 5.75. The van der Waals surface area contributed by atoms with Gasteiger partial charge in [-0.25, -0.2) is 9.97 Å². The molecule has 0 fully saturated rings. The minimum Gasteiger partial charge on any atom is -0.393 e. The van der Waals surface area contributed by atoms with E-state index in [2.05, 4.69) is 28.7 Å². The highest BCUT2D eigenvalue weighted by Gasteiger charge is 2.12. The van der Waals surface area contributed by atoms with E-state index in [0.29, 0.717) is 17.5 Å². The van der Waals surface area contributed by atoms with Crippen LogP contribution in [0.25, 0.3) is 0 Å². The van der Waals surface area contributed by atoms with Crippen LogP contribution < -0.4 is 10.6 Å². The lowest BCUT2D eigenvalue weighted by Crippen LogP contribution is -2.35. The fourth-order valence-electron chi connectivity index (χ4n) is 1.35. The van der Waals surface area contributed by atoms with Crippen molar-refractivity contribution in [2.24, 2.45) is 5.73 Å². The smallest absolute Gasteiger partial charge is 0.225 e. The average Bonchev–Trinajstić information content (AvgIpc) is 2.20. The zero-order chi connectivity index (χ0) is 12.1. The molecule has 0 radical (unpaired) electrons. The Bertz CT molecular complexity index is 348. The van der Waals surface area contributed by atoms with Crippen molar-refractivity contribution in [3.8, 4) is 0 Å². The van der Waals surface area contributed by atoms with Crippen LogP contribution >= 0.6 is 12.2 Å². The number of aryl methyl sites for hydroxylation is 1. The Labute approximate surface area is 102 Å². The largest absolute Gasteiger partial charge is 0.393 e. The quantitative estimate of drug-likeness (QED) is 0.791. The summed E-state index contributed by atoms with van der Waals surface area (Å²) < 4.78 is 0. The molecule has 0 amide bonds. The predicted molar refractivity (Wildman–Crippen MR) is 70.7 cm³/mol. The monoisotopic (exact) mass is 238 g/mol. The Morgan fingerprint density at radius 3 is 2.44 bits per heavy atom. The molecule has 16 heavy (non-hydrogen) atoms. The first-order valence-electron chi connectivity index (χ1n) is 5.34. The molecule has 0 aliphatic rings. The van der Waals surface area contributed by atoms with Crippen LogP contribution in [0.1, 0.15) is 25.8 Å². The summed E-state index contributed by atoms with van der Waals surface area (Å²) in [5.74, 6) is 0.733. The summed E-state index contributed by atoms with van der Waals surface area (Å²) in [6, 6.07) is 0.331. The van der Waals surface area contributed by atoms with Gasteiger partial charge in [0.15, 0.2) is 0 Å². The van der Waals surface area contributed by atoms with Gasteiger partial charge in [0.1, 0.15) is 0 Å². The van der Waals surface area contributed by atoms with Crippen LogP contribution in [-0.2, 0) is 0 Å². The van der Waals surface area contributed by atoms with E-state index < -0.39 is 0 Å². The lowest BCUT2D eigenvalue weighted by molar-refractivity contribution is 0.668. The molecule has 0 bridgehead atoms. The molecule has 0 aromatic carbocycles. The van der Waals surface area contributed by atoms with Crippen LogP contribution in [0, 0.1) is 6.92 Å². The molecule has 0 atom stereocenters. The van der Waals surface area contributed by atoms with Crippen molar-refractivity contribution < 1.29 is 0 Å². The van der Waals surface area contributed by atoms with Gasteiger partial charge in [0.05, 0.1) is 4.99 Å². The Balaban J connectivity index is 2.77. The fraction of sp³-hybridized carbons (Fsp3) is 0.545. The summed E-state index contributed by atoms with van der Waals surface area (Å²) >= 11 is 4.88. The molecule has 1 rings (SSSR count). The molecule has 1 aromatic rings. The summed E-state index contributed by atoms with van der Waals surface area (Å²) in [6.07, 6.45) is 4.32. The first kappa shape index (κ1) is 12.8. The fourth-order valence-corrected chi connectivity index (χ4v) is 1.45. The van der Waals surface area contributed by atoms with Gasteiger partial charge in [0, 0.05) is 31.4 Å². The number of nitrogens with zero attached hydrogens (tertiary/aromatic N) is 3. The Morgan fingerprint density at radius 2 is 2.00 bits per heavy atom. The Kier molecular flexibility index (Phi) is 4.61. The van der Waals surface area contributed by atoms with Crippen LogP contribution in [0.5, 0.6) is 0 Å². The zero-order valence-corrected chi connectivity index (χ0v) is 10.8. The molecule has 0 saturated heterocycles. The Morgan fingerprint density at radius 1 is 1.44 bits per heavy atom. The minimum atomic E-state index is 0.331.